The van der Waals surface area contributed by atoms with Crippen molar-refractivity contribution in [3.63, 3.8) is 0 Å². The first-order valence-corrected chi connectivity index (χ1v) is 5.56. The average Bonchev–Trinajstić information content (AvgIpc) is 2.18. The molecule has 3 heteroatoms. The number of aliphatic hydroxyl groups excluding tert-OH is 1. The maximum Gasteiger partial charge on any atom is 0.0698 e. The van der Waals surface area contributed by atoms with Crippen molar-refractivity contribution in [2.45, 2.75) is 38.9 Å². The molecule has 1 aliphatic heterocycles. The fourth-order valence-electron chi connectivity index (χ4n) is 1.85. The molecule has 0 spiro atoms. The van der Waals surface area contributed by atoms with Crippen LogP contribution in [0.4, 0.5) is 0 Å². The van der Waals surface area contributed by atoms with Crippen LogP contribution < -0.4 is 0 Å². The Morgan fingerprint density at radius 1 is 1.50 bits per heavy atom. The van der Waals surface area contributed by atoms with Gasteiger partial charge in [0.15, 0.2) is 0 Å². The number of β-amino-alcohol motifs (C(OH)–C–C–N with tert-alkyl or cyclic N) is 1. The van der Waals surface area contributed by atoms with Gasteiger partial charge in [-0.3, -0.25) is 4.90 Å². The van der Waals surface area contributed by atoms with Crippen molar-refractivity contribution in [3.05, 3.63) is 0 Å². The Kier molecular flexibility index (Phi) is 4.85. The van der Waals surface area contributed by atoms with Crippen LogP contribution in [0.15, 0.2) is 0 Å². The van der Waals surface area contributed by atoms with Crippen LogP contribution in [-0.4, -0.2) is 49.0 Å². The zero-order valence-electron chi connectivity index (χ0n) is 9.57. The van der Waals surface area contributed by atoms with Crippen molar-refractivity contribution >= 4 is 0 Å². The summed E-state index contributed by atoms with van der Waals surface area (Å²) in [5.41, 5.74) is 0. The summed E-state index contributed by atoms with van der Waals surface area (Å²) in [6.45, 7) is 6.98. The Hall–Kier alpha value is -0.120. The molecule has 0 amide bonds. The first-order chi connectivity index (χ1) is 6.63. The molecule has 0 aromatic rings. The molecule has 1 saturated heterocycles. The lowest BCUT2D eigenvalue weighted by atomic mass is 10.0. The molecule has 84 valence electrons. The summed E-state index contributed by atoms with van der Waals surface area (Å²) in [7, 11) is 1.77. The van der Waals surface area contributed by atoms with Crippen LogP contribution in [0.1, 0.15) is 26.7 Å². The van der Waals surface area contributed by atoms with Crippen LogP contribution in [0, 0.1) is 5.92 Å². The molecule has 1 fully saturated rings. The standard InChI is InChI=1S/C11H23NO2/c1-9(2)11(13)8-12-6-4-5-10(7-12)14-3/h9-11,13H,4-8H2,1-3H3. The number of hydrogen-bond donors (Lipinski definition) is 1. The molecule has 1 aliphatic rings. The molecule has 0 bridgehead atoms. The summed E-state index contributed by atoms with van der Waals surface area (Å²) in [4.78, 5) is 2.31. The fourth-order valence-corrected chi connectivity index (χ4v) is 1.85. The Bertz CT molecular complexity index is 161. The quantitative estimate of drug-likeness (QED) is 0.739. The van der Waals surface area contributed by atoms with Gasteiger partial charge in [0.05, 0.1) is 12.2 Å². The first-order valence-electron chi connectivity index (χ1n) is 5.56. The van der Waals surface area contributed by atoms with Gasteiger partial charge in [0.1, 0.15) is 0 Å². The van der Waals surface area contributed by atoms with E-state index in [4.69, 9.17) is 4.74 Å². The minimum atomic E-state index is -0.203. The Balaban J connectivity index is 2.30. The maximum atomic E-state index is 9.76. The van der Waals surface area contributed by atoms with Gasteiger partial charge in [-0.25, -0.2) is 0 Å². The van der Waals surface area contributed by atoms with E-state index in [0.29, 0.717) is 12.0 Å². The Labute approximate surface area is 87.1 Å². The largest absolute Gasteiger partial charge is 0.392 e. The van der Waals surface area contributed by atoms with Crippen molar-refractivity contribution < 1.29 is 9.84 Å². The van der Waals surface area contributed by atoms with Crippen LogP contribution in [0.3, 0.4) is 0 Å². The monoisotopic (exact) mass is 201 g/mol. The van der Waals surface area contributed by atoms with E-state index >= 15 is 0 Å². The van der Waals surface area contributed by atoms with Crippen molar-refractivity contribution in [3.8, 4) is 0 Å². The van der Waals surface area contributed by atoms with Gasteiger partial charge in [0, 0.05) is 20.2 Å². The molecule has 3 nitrogen and oxygen atoms in total. The molecule has 0 aromatic heterocycles. The minimum Gasteiger partial charge on any atom is -0.392 e. The Morgan fingerprint density at radius 2 is 2.21 bits per heavy atom. The predicted molar refractivity (Wildman–Crippen MR) is 57.3 cm³/mol. The second-order valence-electron chi connectivity index (χ2n) is 4.57. The first kappa shape index (κ1) is 12.0. The van der Waals surface area contributed by atoms with Crippen LogP contribution in [-0.2, 0) is 4.74 Å². The lowest BCUT2D eigenvalue weighted by molar-refractivity contribution is 0.00469. The molecule has 0 radical (unpaired) electrons. The van der Waals surface area contributed by atoms with E-state index in [-0.39, 0.29) is 6.10 Å². The van der Waals surface area contributed by atoms with E-state index in [1.807, 2.05) is 0 Å². The summed E-state index contributed by atoms with van der Waals surface area (Å²) in [5.74, 6) is 0.345. The molecule has 1 heterocycles. The van der Waals surface area contributed by atoms with Crippen LogP contribution in [0.2, 0.25) is 0 Å². The number of methoxy groups -OCH3 is 1. The summed E-state index contributed by atoms with van der Waals surface area (Å²) in [6, 6.07) is 0. The summed E-state index contributed by atoms with van der Waals surface area (Å²) >= 11 is 0. The van der Waals surface area contributed by atoms with E-state index in [1.54, 1.807) is 7.11 Å². The van der Waals surface area contributed by atoms with E-state index in [9.17, 15) is 5.11 Å². The number of piperidine rings is 1. The van der Waals surface area contributed by atoms with E-state index < -0.39 is 0 Å². The van der Waals surface area contributed by atoms with Crippen LogP contribution >= 0.6 is 0 Å². The molecule has 1 N–H and O–H groups in total. The van der Waals surface area contributed by atoms with Gasteiger partial charge in [-0.15, -0.1) is 0 Å². The minimum absolute atomic E-state index is 0.203. The second kappa shape index (κ2) is 5.69. The molecular weight excluding hydrogens is 178 g/mol. The highest BCUT2D eigenvalue weighted by Crippen LogP contribution is 2.14. The molecule has 14 heavy (non-hydrogen) atoms. The molecule has 1 rings (SSSR count). The average molecular weight is 201 g/mol. The molecule has 2 unspecified atom stereocenters. The molecule has 2 atom stereocenters. The number of hydrogen-bond acceptors (Lipinski definition) is 3. The third kappa shape index (κ3) is 3.56. The van der Waals surface area contributed by atoms with Gasteiger partial charge in [0.2, 0.25) is 0 Å². The highest BCUT2D eigenvalue weighted by Gasteiger charge is 2.22. The topological polar surface area (TPSA) is 32.7 Å². The zero-order chi connectivity index (χ0) is 10.6. The predicted octanol–water partition coefficient (Wildman–Crippen LogP) is 1.11. The normalized spacial score (nSPS) is 26.8. The number of ether oxygens (including phenoxy) is 1. The lowest BCUT2D eigenvalue weighted by Gasteiger charge is -2.33. The Morgan fingerprint density at radius 3 is 2.79 bits per heavy atom. The molecule has 0 aromatic carbocycles. The number of likely N-dealkylation sites (tertiary alicyclic amines) is 1. The summed E-state index contributed by atoms with van der Waals surface area (Å²) < 4.78 is 5.34. The maximum absolute atomic E-state index is 9.76. The van der Waals surface area contributed by atoms with Gasteiger partial charge >= 0.3 is 0 Å². The SMILES string of the molecule is COC1CCCN(CC(O)C(C)C)C1. The van der Waals surface area contributed by atoms with Gasteiger partial charge < -0.3 is 9.84 Å². The van der Waals surface area contributed by atoms with Crippen molar-refractivity contribution in [2.24, 2.45) is 5.92 Å². The van der Waals surface area contributed by atoms with Crippen molar-refractivity contribution in [1.82, 2.24) is 4.90 Å². The fraction of sp³-hybridized carbons (Fsp3) is 1.00. The van der Waals surface area contributed by atoms with Crippen LogP contribution in [0.5, 0.6) is 0 Å². The summed E-state index contributed by atoms with van der Waals surface area (Å²) in [5, 5.41) is 9.76. The zero-order valence-corrected chi connectivity index (χ0v) is 9.57. The lowest BCUT2D eigenvalue weighted by Crippen LogP contribution is -2.44. The number of rotatable bonds is 4. The highest BCUT2D eigenvalue weighted by molar-refractivity contribution is 4.76. The van der Waals surface area contributed by atoms with Gasteiger partial charge in [-0.05, 0) is 25.3 Å². The van der Waals surface area contributed by atoms with Gasteiger partial charge in [-0.2, -0.15) is 0 Å². The third-order valence-corrected chi connectivity index (χ3v) is 3.01. The third-order valence-electron chi connectivity index (χ3n) is 3.01. The summed E-state index contributed by atoms with van der Waals surface area (Å²) in [6.07, 6.45) is 2.50. The highest BCUT2D eigenvalue weighted by atomic mass is 16.5. The van der Waals surface area contributed by atoms with E-state index in [0.717, 1.165) is 26.1 Å². The van der Waals surface area contributed by atoms with Crippen LogP contribution in [0.25, 0.3) is 0 Å². The van der Waals surface area contributed by atoms with Gasteiger partial charge in [0.25, 0.3) is 0 Å². The molecule has 0 aliphatic carbocycles. The van der Waals surface area contributed by atoms with Crippen molar-refractivity contribution in [2.75, 3.05) is 26.7 Å². The smallest absolute Gasteiger partial charge is 0.0698 e. The number of aliphatic hydroxyl groups is 1. The molecule has 0 saturated carbocycles. The van der Waals surface area contributed by atoms with Crippen molar-refractivity contribution in [1.29, 1.82) is 0 Å². The van der Waals surface area contributed by atoms with E-state index in [1.165, 1.54) is 6.42 Å². The molecular formula is C11H23NO2. The second-order valence-corrected chi connectivity index (χ2v) is 4.57. The number of nitrogens with zero attached hydrogens (tertiary/aromatic N) is 1. The van der Waals surface area contributed by atoms with Gasteiger partial charge in [-0.1, -0.05) is 13.8 Å². The van der Waals surface area contributed by atoms with E-state index in [2.05, 4.69) is 18.7 Å².